The van der Waals surface area contributed by atoms with Crippen molar-refractivity contribution < 1.29 is 9.59 Å². The van der Waals surface area contributed by atoms with Crippen LogP contribution in [0.5, 0.6) is 0 Å². The Hall–Kier alpha value is 0.0700. The number of halogens is 1. The Labute approximate surface area is 80.5 Å². The first-order valence-electron chi connectivity index (χ1n) is 4.28. The normalized spacial score (nSPS) is 22.3. The minimum absolute atomic E-state index is 0.00565. The third kappa shape index (κ3) is 2.54. The molecule has 2 nitrogen and oxygen atoms in total. The molecule has 0 radical (unpaired) electrons. The summed E-state index contributed by atoms with van der Waals surface area (Å²) < 4.78 is 2.15. The van der Waals surface area contributed by atoms with Crippen molar-refractivity contribution in [2.24, 2.45) is 5.92 Å². The third-order valence-corrected chi connectivity index (χ3v) is 8.17. The number of ketones is 1. The van der Waals surface area contributed by atoms with Gasteiger partial charge in [-0.1, -0.05) is 0 Å². The van der Waals surface area contributed by atoms with Gasteiger partial charge in [-0.15, -0.1) is 0 Å². The molecule has 0 N–H and O–H groups in total. The Morgan fingerprint density at radius 2 is 1.75 bits per heavy atom. The molecule has 1 fully saturated rings. The van der Waals surface area contributed by atoms with Crippen LogP contribution in [0.2, 0.25) is 0 Å². The molecule has 3 heteroatoms. The summed E-state index contributed by atoms with van der Waals surface area (Å²) in [4.78, 5) is 22.1. The van der Waals surface area contributed by atoms with E-state index in [-0.39, 0.29) is 9.57 Å². The van der Waals surface area contributed by atoms with Crippen molar-refractivity contribution in [3.63, 3.8) is 0 Å². The van der Waals surface area contributed by atoms with Gasteiger partial charge in [-0.05, 0) is 0 Å². The molecule has 0 bridgehead atoms. The zero-order chi connectivity index (χ0) is 9.14. The predicted molar refractivity (Wildman–Crippen MR) is 57.8 cm³/mol. The van der Waals surface area contributed by atoms with E-state index < -0.39 is 19.8 Å². The molecule has 0 aliphatic carbocycles. The fraction of sp³-hybridized carbons (Fsp3) is 0.778. The molecule has 0 atom stereocenters. The molecule has 1 aliphatic heterocycles. The van der Waals surface area contributed by atoms with Gasteiger partial charge in [0.15, 0.2) is 0 Å². The van der Waals surface area contributed by atoms with Crippen molar-refractivity contribution in [3.05, 3.63) is 0 Å². The van der Waals surface area contributed by atoms with Gasteiger partial charge in [-0.2, -0.15) is 0 Å². The fourth-order valence-electron chi connectivity index (χ4n) is 1.23. The first-order valence-corrected chi connectivity index (χ1v) is 8.41. The third-order valence-electron chi connectivity index (χ3n) is 2.18. The molecule has 70 valence electrons. The second-order valence-electron chi connectivity index (χ2n) is 3.35. The Morgan fingerprint density at radius 3 is 2.17 bits per heavy atom. The summed E-state index contributed by atoms with van der Waals surface area (Å²) in [6.07, 6.45) is 2.34. The van der Waals surface area contributed by atoms with Gasteiger partial charge in [-0.3, -0.25) is 0 Å². The van der Waals surface area contributed by atoms with E-state index in [9.17, 15) is 9.59 Å². The average molecular weight is 282 g/mol. The zero-order valence-electron chi connectivity index (χ0n) is 7.60. The Kier molecular flexibility index (Phi) is 3.68. The minimum atomic E-state index is -1.48. The number of hydrogen-bond donors (Lipinski definition) is 0. The number of carbonyl (C=O) groups excluding carboxylic acids is 2. The second kappa shape index (κ2) is 4.35. The Bertz CT molecular complexity index is 193. The van der Waals surface area contributed by atoms with E-state index in [1.807, 2.05) is 0 Å². The molecule has 0 spiro atoms. The van der Waals surface area contributed by atoms with Gasteiger partial charge in [0.1, 0.15) is 0 Å². The molecule has 1 aliphatic rings. The van der Waals surface area contributed by atoms with Gasteiger partial charge in [-0.25, -0.2) is 0 Å². The molecule has 12 heavy (non-hydrogen) atoms. The molecule has 0 aromatic carbocycles. The summed E-state index contributed by atoms with van der Waals surface area (Å²) in [7, 11) is 0. The van der Waals surface area contributed by atoms with Gasteiger partial charge in [0, 0.05) is 0 Å². The molecule has 1 heterocycles. The summed E-state index contributed by atoms with van der Waals surface area (Å²) in [5.74, 6) is 0.577. The van der Waals surface area contributed by atoms with Crippen molar-refractivity contribution in [1.82, 2.24) is 0 Å². The maximum absolute atomic E-state index is 11.3. The van der Waals surface area contributed by atoms with Crippen LogP contribution < -0.4 is 0 Å². The molecular weight excluding hydrogens is 267 g/mol. The number of rotatable bonds is 2. The quantitative estimate of drug-likeness (QED) is 0.336. The van der Waals surface area contributed by atoms with Crippen LogP contribution in [0, 0.1) is 5.92 Å². The molecule has 0 aromatic rings. The summed E-state index contributed by atoms with van der Waals surface area (Å²) in [6.45, 7) is 3.64. The molecule has 0 aromatic heterocycles. The monoisotopic (exact) mass is 282 g/mol. The SMILES string of the molecule is CC(=O)C(=O)I1CCC(C)CC1. The maximum atomic E-state index is 11.3. The first kappa shape index (κ1) is 10.2. The topological polar surface area (TPSA) is 34.1 Å². The van der Waals surface area contributed by atoms with Gasteiger partial charge in [0.25, 0.3) is 0 Å². The van der Waals surface area contributed by atoms with E-state index >= 15 is 0 Å². The van der Waals surface area contributed by atoms with Gasteiger partial charge >= 0.3 is 80.4 Å². The van der Waals surface area contributed by atoms with Crippen molar-refractivity contribution in [1.29, 1.82) is 0 Å². The van der Waals surface area contributed by atoms with E-state index in [4.69, 9.17) is 0 Å². The zero-order valence-corrected chi connectivity index (χ0v) is 9.76. The van der Waals surface area contributed by atoms with Crippen LogP contribution in [0.1, 0.15) is 26.7 Å². The van der Waals surface area contributed by atoms with Crippen LogP contribution in [0.25, 0.3) is 0 Å². The van der Waals surface area contributed by atoms with E-state index in [0.29, 0.717) is 0 Å². The van der Waals surface area contributed by atoms with Crippen molar-refractivity contribution in [3.8, 4) is 0 Å². The molecule has 1 saturated heterocycles. The van der Waals surface area contributed by atoms with Crippen molar-refractivity contribution in [2.75, 3.05) is 8.86 Å². The van der Waals surface area contributed by atoms with Gasteiger partial charge < -0.3 is 0 Å². The Morgan fingerprint density at radius 1 is 1.25 bits per heavy atom. The Balaban J connectivity index is 2.44. The second-order valence-corrected chi connectivity index (χ2v) is 9.09. The van der Waals surface area contributed by atoms with Crippen LogP contribution in [0.3, 0.4) is 0 Å². The van der Waals surface area contributed by atoms with E-state index in [1.54, 1.807) is 0 Å². The summed E-state index contributed by atoms with van der Waals surface area (Å²) >= 11 is -1.48. The standard InChI is InChI=1S/C9H15IO2/c1-7-3-5-10(6-4-7)9(12)8(2)11/h7H,3-6H2,1-2H3. The summed E-state index contributed by atoms with van der Waals surface area (Å²) in [5.41, 5.74) is 0. The van der Waals surface area contributed by atoms with E-state index in [1.165, 1.54) is 19.8 Å². The predicted octanol–water partition coefficient (Wildman–Crippen LogP) is 2.04. The summed E-state index contributed by atoms with van der Waals surface area (Å²) in [5, 5.41) is 0. The van der Waals surface area contributed by atoms with Crippen LogP contribution >= 0.6 is 19.8 Å². The number of hydrogen-bond acceptors (Lipinski definition) is 2. The number of carbonyl (C=O) groups is 2. The molecule has 1 rings (SSSR count). The molecule has 0 amide bonds. The molecular formula is C9H15IO2. The summed E-state index contributed by atoms with van der Waals surface area (Å²) in [6, 6.07) is 0. The van der Waals surface area contributed by atoms with Crippen LogP contribution in [0.15, 0.2) is 0 Å². The van der Waals surface area contributed by atoms with Crippen LogP contribution in [0.4, 0.5) is 0 Å². The number of Topliss-reactive ketones (excluding diaryl/α,β-unsaturated/α-hetero) is 1. The average Bonchev–Trinajstić information content (AvgIpc) is 2.04. The van der Waals surface area contributed by atoms with E-state index in [0.717, 1.165) is 14.8 Å². The van der Waals surface area contributed by atoms with Crippen molar-refractivity contribution in [2.45, 2.75) is 26.7 Å². The van der Waals surface area contributed by atoms with Gasteiger partial charge in [0.05, 0.1) is 0 Å². The molecule has 0 unspecified atom stereocenters. The van der Waals surface area contributed by atoms with E-state index in [2.05, 4.69) is 6.92 Å². The van der Waals surface area contributed by atoms with Crippen LogP contribution in [-0.4, -0.2) is 18.4 Å². The van der Waals surface area contributed by atoms with Crippen molar-refractivity contribution >= 4 is 29.4 Å². The van der Waals surface area contributed by atoms with Crippen LogP contribution in [-0.2, 0) is 9.59 Å². The number of alkyl halides is 2. The van der Waals surface area contributed by atoms with Gasteiger partial charge in [0.2, 0.25) is 0 Å². The fourth-order valence-corrected chi connectivity index (χ4v) is 7.46. The first-order chi connectivity index (χ1) is 5.61. The molecule has 0 saturated carbocycles.